The maximum Gasteiger partial charge on any atom is 0.319 e. The lowest BCUT2D eigenvalue weighted by molar-refractivity contribution is -0.159. The van der Waals surface area contributed by atoms with Crippen LogP contribution < -0.4 is 10.6 Å². The van der Waals surface area contributed by atoms with E-state index in [1.807, 2.05) is 13.0 Å². The minimum atomic E-state index is -3.78. The highest BCUT2D eigenvalue weighted by atomic mass is 32.3. The molecule has 0 aromatic heterocycles. The summed E-state index contributed by atoms with van der Waals surface area (Å²) < 4.78 is 25.8. The third-order valence-electron chi connectivity index (χ3n) is 6.06. The van der Waals surface area contributed by atoms with Gasteiger partial charge in [-0.05, 0) is 37.0 Å². The first kappa shape index (κ1) is 25.3. The summed E-state index contributed by atoms with van der Waals surface area (Å²) in [5.74, 6) is -1.91. The number of carbonyl (C=O) groups is 2. The van der Waals surface area contributed by atoms with Crippen LogP contribution >= 0.6 is 11.8 Å². The normalized spacial score (nSPS) is 20.7. The largest absolute Gasteiger partial charge is 0.480 e. The van der Waals surface area contributed by atoms with Gasteiger partial charge in [0, 0.05) is 12.3 Å². The number of carboxylic acid groups (broad SMARTS) is 1. The first-order chi connectivity index (χ1) is 15.6. The Morgan fingerprint density at radius 3 is 2.36 bits per heavy atom. The van der Waals surface area contributed by atoms with E-state index in [1.165, 1.54) is 11.8 Å². The molecule has 7 nitrogen and oxygen atoms in total. The number of sulfone groups is 1. The molecule has 3 unspecified atom stereocenters. The minimum absolute atomic E-state index is 0.00190. The van der Waals surface area contributed by atoms with Gasteiger partial charge in [0.25, 0.3) is 0 Å². The highest BCUT2D eigenvalue weighted by molar-refractivity contribution is 8.13. The molecule has 3 N–H and O–H groups in total. The molecular weight excluding hydrogens is 460 g/mol. The SMILES string of the molecule is Cc1ccc(S(=O)(=O)C2SCCNC2NC(=O)C(Cc2ccccc2)(C(=O)O)C(C)C)cc1. The monoisotopic (exact) mass is 490 g/mol. The molecule has 1 aliphatic heterocycles. The smallest absolute Gasteiger partial charge is 0.319 e. The number of carbonyl (C=O) groups excluding carboxylic acids is 1. The molecule has 0 saturated carbocycles. The van der Waals surface area contributed by atoms with Crippen LogP contribution in [0.4, 0.5) is 0 Å². The average molecular weight is 491 g/mol. The van der Waals surface area contributed by atoms with E-state index in [9.17, 15) is 23.1 Å². The Labute approximate surface area is 199 Å². The van der Waals surface area contributed by atoms with E-state index >= 15 is 0 Å². The van der Waals surface area contributed by atoms with Crippen LogP contribution in [0.25, 0.3) is 0 Å². The molecule has 9 heteroatoms. The van der Waals surface area contributed by atoms with E-state index in [-0.39, 0.29) is 11.3 Å². The molecule has 1 amide bonds. The topological polar surface area (TPSA) is 113 Å². The van der Waals surface area contributed by atoms with Crippen LogP contribution in [0, 0.1) is 18.3 Å². The third-order valence-corrected chi connectivity index (χ3v) is 10.1. The standard InChI is InChI=1S/C24H30N2O5S2/c1-16(2)24(23(28)29,15-18-7-5-4-6-8-18)22(27)26-20-21(32-14-13-25-20)33(30,31)19-11-9-17(3)10-12-19/h4-12,16,20-21,25H,13-15H2,1-3H3,(H,26,27)(H,28,29). The fourth-order valence-corrected chi connectivity index (χ4v) is 7.46. The molecule has 0 bridgehead atoms. The molecule has 1 aliphatic rings. The highest BCUT2D eigenvalue weighted by Crippen LogP contribution is 2.35. The van der Waals surface area contributed by atoms with Crippen molar-refractivity contribution in [3.05, 3.63) is 65.7 Å². The van der Waals surface area contributed by atoms with Crippen molar-refractivity contribution in [1.82, 2.24) is 10.6 Å². The van der Waals surface area contributed by atoms with Gasteiger partial charge in [0.15, 0.2) is 15.3 Å². The summed E-state index contributed by atoms with van der Waals surface area (Å²) in [6, 6.07) is 15.6. The van der Waals surface area contributed by atoms with Crippen molar-refractivity contribution in [1.29, 1.82) is 0 Å². The lowest BCUT2D eigenvalue weighted by atomic mass is 9.71. The Morgan fingerprint density at radius 1 is 1.15 bits per heavy atom. The number of hydrogen-bond acceptors (Lipinski definition) is 6. The molecule has 2 aromatic rings. The van der Waals surface area contributed by atoms with Gasteiger partial charge < -0.3 is 10.4 Å². The third kappa shape index (κ3) is 5.26. The van der Waals surface area contributed by atoms with Gasteiger partial charge in [-0.25, -0.2) is 8.42 Å². The van der Waals surface area contributed by atoms with Crippen LogP contribution in [-0.2, 0) is 25.8 Å². The summed E-state index contributed by atoms with van der Waals surface area (Å²) in [4.78, 5) is 26.2. The summed E-state index contributed by atoms with van der Waals surface area (Å²) >= 11 is 1.24. The molecule has 33 heavy (non-hydrogen) atoms. The van der Waals surface area contributed by atoms with Gasteiger partial charge in [-0.15, -0.1) is 11.8 Å². The molecule has 2 aromatic carbocycles. The Balaban J connectivity index is 1.92. The Hall–Kier alpha value is -2.36. The zero-order valence-electron chi connectivity index (χ0n) is 18.9. The Kier molecular flexibility index (Phi) is 7.87. The maximum atomic E-state index is 13.5. The summed E-state index contributed by atoms with van der Waals surface area (Å²) in [5, 5.41) is 16.0. The van der Waals surface area contributed by atoms with Gasteiger partial charge in [0.1, 0.15) is 10.7 Å². The second kappa shape index (κ2) is 10.3. The Morgan fingerprint density at radius 2 is 1.79 bits per heavy atom. The van der Waals surface area contributed by atoms with E-state index in [4.69, 9.17) is 0 Å². The van der Waals surface area contributed by atoms with Gasteiger partial charge in [-0.2, -0.15) is 0 Å². The van der Waals surface area contributed by atoms with E-state index < -0.39 is 43.8 Å². The fourth-order valence-electron chi connectivity index (χ4n) is 3.99. The quantitative estimate of drug-likeness (QED) is 0.488. The van der Waals surface area contributed by atoms with Crippen molar-refractivity contribution >= 4 is 33.5 Å². The lowest BCUT2D eigenvalue weighted by Crippen LogP contribution is -2.62. The second-order valence-electron chi connectivity index (χ2n) is 8.60. The number of benzene rings is 2. The molecular formula is C24H30N2O5S2. The zero-order valence-corrected chi connectivity index (χ0v) is 20.6. The predicted molar refractivity (Wildman–Crippen MR) is 130 cm³/mol. The average Bonchev–Trinajstić information content (AvgIpc) is 2.78. The molecule has 1 saturated heterocycles. The molecule has 178 valence electrons. The van der Waals surface area contributed by atoms with Crippen LogP contribution in [0.15, 0.2) is 59.5 Å². The number of hydrogen-bond donors (Lipinski definition) is 3. The molecule has 0 radical (unpaired) electrons. The van der Waals surface area contributed by atoms with Crippen molar-refractivity contribution in [2.24, 2.45) is 11.3 Å². The van der Waals surface area contributed by atoms with Crippen molar-refractivity contribution in [2.45, 2.75) is 42.8 Å². The second-order valence-corrected chi connectivity index (χ2v) is 12.2. The van der Waals surface area contributed by atoms with E-state index in [1.54, 1.807) is 62.4 Å². The molecule has 1 heterocycles. The predicted octanol–water partition coefficient (Wildman–Crippen LogP) is 2.84. The van der Waals surface area contributed by atoms with Gasteiger partial charge >= 0.3 is 5.97 Å². The molecule has 3 atom stereocenters. The van der Waals surface area contributed by atoms with Crippen LogP contribution in [0.2, 0.25) is 0 Å². The van der Waals surface area contributed by atoms with Crippen LogP contribution in [-0.4, -0.2) is 48.4 Å². The summed E-state index contributed by atoms with van der Waals surface area (Å²) in [6.07, 6.45) is -0.919. The number of rotatable bonds is 8. The summed E-state index contributed by atoms with van der Waals surface area (Å²) in [5.41, 5.74) is -0.0839. The van der Waals surface area contributed by atoms with Gasteiger partial charge in [-0.1, -0.05) is 61.9 Å². The van der Waals surface area contributed by atoms with Gasteiger partial charge in [0.2, 0.25) is 5.91 Å². The fraction of sp³-hybridized carbons (Fsp3) is 0.417. The summed E-state index contributed by atoms with van der Waals surface area (Å²) in [7, 11) is -3.78. The Bertz CT molecular complexity index is 1090. The number of carboxylic acids is 1. The van der Waals surface area contributed by atoms with Crippen molar-refractivity contribution < 1.29 is 23.1 Å². The maximum absolute atomic E-state index is 13.5. The number of thioether (sulfide) groups is 1. The van der Waals surface area contributed by atoms with Crippen molar-refractivity contribution in [2.75, 3.05) is 12.3 Å². The van der Waals surface area contributed by atoms with Crippen LogP contribution in [0.5, 0.6) is 0 Å². The summed E-state index contributed by atoms with van der Waals surface area (Å²) in [6.45, 7) is 5.76. The minimum Gasteiger partial charge on any atom is -0.480 e. The van der Waals surface area contributed by atoms with E-state index in [0.717, 1.165) is 11.1 Å². The number of nitrogens with one attached hydrogen (secondary N) is 2. The number of amides is 1. The molecule has 0 spiro atoms. The van der Waals surface area contributed by atoms with Gasteiger partial charge in [0.05, 0.1) is 4.90 Å². The first-order valence-corrected chi connectivity index (χ1v) is 13.4. The molecule has 0 aliphatic carbocycles. The number of aliphatic carboxylic acids is 1. The highest BCUT2D eigenvalue weighted by Gasteiger charge is 2.51. The van der Waals surface area contributed by atoms with Crippen molar-refractivity contribution in [3.8, 4) is 0 Å². The number of aryl methyl sites for hydroxylation is 1. The first-order valence-electron chi connectivity index (χ1n) is 10.8. The molecule has 3 rings (SSSR count). The van der Waals surface area contributed by atoms with E-state index in [2.05, 4.69) is 10.6 Å². The van der Waals surface area contributed by atoms with Crippen LogP contribution in [0.1, 0.15) is 25.0 Å². The van der Waals surface area contributed by atoms with Crippen LogP contribution in [0.3, 0.4) is 0 Å². The van der Waals surface area contributed by atoms with Crippen molar-refractivity contribution in [3.63, 3.8) is 0 Å². The molecule has 1 fully saturated rings. The van der Waals surface area contributed by atoms with Gasteiger partial charge in [-0.3, -0.25) is 14.9 Å². The zero-order chi connectivity index (χ0) is 24.2. The lowest BCUT2D eigenvalue weighted by Gasteiger charge is -2.37. The van der Waals surface area contributed by atoms with E-state index in [0.29, 0.717) is 12.3 Å².